The number of carbonyl (C=O) groups excluding carboxylic acids is 2. The first kappa shape index (κ1) is 22.6. The Hall–Kier alpha value is -2.48. The maximum atomic E-state index is 13.0. The second-order valence-corrected chi connectivity index (χ2v) is 6.51. The number of unbranched alkanes of at least 4 members (excludes halogenated alkanes) is 1. The number of carbonyl (C=O) groups is 3. The molecule has 4 N–H and O–H groups in total. The Balaban J connectivity index is 3.00. The van der Waals surface area contributed by atoms with Crippen LogP contribution in [0.1, 0.15) is 45.6 Å². The van der Waals surface area contributed by atoms with Crippen LogP contribution in [0, 0.1) is 0 Å². The van der Waals surface area contributed by atoms with Crippen molar-refractivity contribution in [3.05, 3.63) is 30.1 Å². The zero-order valence-corrected chi connectivity index (χ0v) is 16.2. The van der Waals surface area contributed by atoms with E-state index >= 15 is 0 Å². The van der Waals surface area contributed by atoms with E-state index in [0.29, 0.717) is 6.42 Å². The van der Waals surface area contributed by atoms with Crippen LogP contribution in [-0.2, 0) is 20.8 Å². The first-order valence-electron chi connectivity index (χ1n) is 9.29. The third-order valence-electron chi connectivity index (χ3n) is 4.46. The summed E-state index contributed by atoms with van der Waals surface area (Å²) in [6.07, 6.45) is 5.69. The minimum atomic E-state index is -1.10. The van der Waals surface area contributed by atoms with Gasteiger partial charge in [0.25, 0.3) is 0 Å². The number of aromatic nitrogens is 1. The molecule has 150 valence electrons. The molecule has 0 radical (unpaired) electrons. The van der Waals surface area contributed by atoms with Gasteiger partial charge in [-0.05, 0) is 38.0 Å². The topological polar surface area (TPSA) is 126 Å². The summed E-state index contributed by atoms with van der Waals surface area (Å²) in [7, 11) is 0. The zero-order valence-electron chi connectivity index (χ0n) is 16.2. The number of pyridine rings is 1. The normalized spacial score (nSPS) is 14.1. The van der Waals surface area contributed by atoms with E-state index in [0.717, 1.165) is 18.4 Å². The van der Waals surface area contributed by atoms with E-state index in [1.807, 2.05) is 6.92 Å². The molecule has 0 saturated carbocycles. The fourth-order valence-electron chi connectivity index (χ4n) is 2.74. The zero-order chi connectivity index (χ0) is 20.4. The van der Waals surface area contributed by atoms with Gasteiger partial charge in [-0.15, -0.1) is 0 Å². The fraction of sp³-hybridized carbons (Fsp3) is 0.579. The van der Waals surface area contributed by atoms with E-state index in [2.05, 4.69) is 10.3 Å². The van der Waals surface area contributed by atoms with Crippen molar-refractivity contribution in [2.75, 3.05) is 6.54 Å². The van der Waals surface area contributed by atoms with Gasteiger partial charge in [0.05, 0.1) is 6.04 Å². The number of hydrogen-bond acceptors (Lipinski definition) is 5. The molecule has 2 amide bonds. The molecular formula is C19H30N4O4. The molecule has 0 spiro atoms. The number of nitrogens with zero attached hydrogens (tertiary/aromatic N) is 2. The van der Waals surface area contributed by atoms with Crippen LogP contribution in [0.2, 0.25) is 0 Å². The molecule has 0 fully saturated rings. The van der Waals surface area contributed by atoms with Crippen molar-refractivity contribution in [3.63, 3.8) is 0 Å². The summed E-state index contributed by atoms with van der Waals surface area (Å²) in [6, 6.07) is 0.910. The number of rotatable bonds is 11. The van der Waals surface area contributed by atoms with E-state index in [9.17, 15) is 19.5 Å². The smallest absolute Gasteiger partial charge is 0.326 e. The van der Waals surface area contributed by atoms with Gasteiger partial charge in [-0.1, -0.05) is 19.8 Å². The highest BCUT2D eigenvalue weighted by atomic mass is 16.4. The van der Waals surface area contributed by atoms with Crippen LogP contribution in [0.15, 0.2) is 24.5 Å². The van der Waals surface area contributed by atoms with Gasteiger partial charge >= 0.3 is 5.97 Å². The van der Waals surface area contributed by atoms with Crippen LogP contribution in [0.5, 0.6) is 0 Å². The molecule has 1 heterocycles. The lowest BCUT2D eigenvalue weighted by Crippen LogP contribution is -2.56. The third kappa shape index (κ3) is 6.97. The quantitative estimate of drug-likeness (QED) is 0.526. The van der Waals surface area contributed by atoms with Crippen molar-refractivity contribution in [1.29, 1.82) is 0 Å². The van der Waals surface area contributed by atoms with Gasteiger partial charge in [-0.2, -0.15) is 0 Å². The number of hydrogen-bond donors (Lipinski definition) is 3. The molecule has 0 aliphatic heterocycles. The minimum Gasteiger partial charge on any atom is -0.480 e. The van der Waals surface area contributed by atoms with Crippen molar-refractivity contribution in [3.8, 4) is 0 Å². The van der Waals surface area contributed by atoms with Gasteiger partial charge in [-0.25, -0.2) is 4.79 Å². The number of amides is 2. The van der Waals surface area contributed by atoms with Gasteiger partial charge < -0.3 is 21.1 Å². The van der Waals surface area contributed by atoms with E-state index in [-0.39, 0.29) is 13.0 Å². The lowest BCUT2D eigenvalue weighted by Gasteiger charge is -2.30. The fourth-order valence-corrected chi connectivity index (χ4v) is 2.74. The molecule has 0 bridgehead atoms. The highest BCUT2D eigenvalue weighted by Crippen LogP contribution is 2.10. The maximum Gasteiger partial charge on any atom is 0.326 e. The van der Waals surface area contributed by atoms with E-state index in [1.54, 1.807) is 31.5 Å². The van der Waals surface area contributed by atoms with E-state index in [1.165, 1.54) is 11.8 Å². The van der Waals surface area contributed by atoms with Gasteiger partial charge in [0, 0.05) is 25.4 Å². The molecule has 0 aromatic carbocycles. The Morgan fingerprint density at radius 2 is 1.89 bits per heavy atom. The number of likely N-dealkylation sites (N-methyl/N-ethyl adjacent to an activating group) is 1. The standard InChI is InChI=1S/C19H30N4O4/c1-4-6-7-15(20)17(24)22-16(12-14-8-10-21-11-9-14)18(25)23(5-2)13(3)19(26)27/h8-11,13,15-16H,4-7,12,20H2,1-3H3,(H,22,24)(H,26,27)/t13-,15-,16-/m0/s1. The molecule has 8 heteroatoms. The van der Waals surface area contributed by atoms with Crippen LogP contribution in [0.25, 0.3) is 0 Å². The molecule has 27 heavy (non-hydrogen) atoms. The Labute approximate surface area is 160 Å². The van der Waals surface area contributed by atoms with Crippen LogP contribution in [-0.4, -0.2) is 57.4 Å². The molecular weight excluding hydrogens is 348 g/mol. The Bertz CT molecular complexity index is 623. The number of nitrogens with one attached hydrogen (secondary N) is 1. The predicted molar refractivity (Wildman–Crippen MR) is 102 cm³/mol. The molecule has 1 rings (SSSR count). The average molecular weight is 378 g/mol. The lowest BCUT2D eigenvalue weighted by molar-refractivity contribution is -0.150. The number of aliphatic carboxylic acids is 1. The lowest BCUT2D eigenvalue weighted by atomic mass is 10.0. The first-order valence-corrected chi connectivity index (χ1v) is 9.29. The third-order valence-corrected chi connectivity index (χ3v) is 4.46. The summed E-state index contributed by atoms with van der Waals surface area (Å²) in [5.41, 5.74) is 6.73. The first-order chi connectivity index (χ1) is 12.8. The molecule has 0 aliphatic rings. The summed E-state index contributed by atoms with van der Waals surface area (Å²) in [5.74, 6) is -1.95. The Kier molecular flexibility index (Phi) is 9.42. The maximum absolute atomic E-state index is 13.0. The number of carboxylic acids is 1. The summed E-state index contributed by atoms with van der Waals surface area (Å²) in [5, 5.41) is 12.0. The summed E-state index contributed by atoms with van der Waals surface area (Å²) in [6.45, 7) is 5.38. The van der Waals surface area contributed by atoms with E-state index in [4.69, 9.17) is 5.73 Å². The van der Waals surface area contributed by atoms with Gasteiger partial charge in [0.1, 0.15) is 12.1 Å². The highest BCUT2D eigenvalue weighted by Gasteiger charge is 2.31. The van der Waals surface area contributed by atoms with Crippen molar-refractivity contribution in [1.82, 2.24) is 15.2 Å². The van der Waals surface area contributed by atoms with Crippen molar-refractivity contribution in [2.45, 2.75) is 64.6 Å². The molecule has 0 saturated heterocycles. The Morgan fingerprint density at radius 3 is 2.41 bits per heavy atom. The van der Waals surface area contributed by atoms with Gasteiger partial charge in [-0.3, -0.25) is 14.6 Å². The molecule has 1 aromatic rings. The van der Waals surface area contributed by atoms with Crippen molar-refractivity contribution in [2.24, 2.45) is 5.73 Å². The van der Waals surface area contributed by atoms with Crippen molar-refractivity contribution >= 4 is 17.8 Å². The second kappa shape index (κ2) is 11.3. The second-order valence-electron chi connectivity index (χ2n) is 6.51. The number of carboxylic acid groups (broad SMARTS) is 1. The Morgan fingerprint density at radius 1 is 1.26 bits per heavy atom. The van der Waals surface area contributed by atoms with Crippen LogP contribution in [0.3, 0.4) is 0 Å². The van der Waals surface area contributed by atoms with Gasteiger partial charge in [0.2, 0.25) is 11.8 Å². The summed E-state index contributed by atoms with van der Waals surface area (Å²) in [4.78, 5) is 41.9. The minimum absolute atomic E-state index is 0.219. The van der Waals surface area contributed by atoms with Crippen LogP contribution >= 0.6 is 0 Å². The largest absolute Gasteiger partial charge is 0.480 e. The van der Waals surface area contributed by atoms with Crippen molar-refractivity contribution < 1.29 is 19.5 Å². The molecule has 0 aliphatic carbocycles. The SMILES string of the molecule is CCCC[C@H](N)C(=O)N[C@@H](Cc1ccncc1)C(=O)N(CC)[C@@H](C)C(=O)O. The summed E-state index contributed by atoms with van der Waals surface area (Å²) >= 11 is 0. The van der Waals surface area contributed by atoms with Crippen LogP contribution < -0.4 is 11.1 Å². The summed E-state index contributed by atoms with van der Waals surface area (Å²) < 4.78 is 0. The molecule has 0 unspecified atom stereocenters. The van der Waals surface area contributed by atoms with Crippen LogP contribution in [0.4, 0.5) is 0 Å². The predicted octanol–water partition coefficient (Wildman–Crippen LogP) is 0.948. The molecule has 8 nitrogen and oxygen atoms in total. The molecule has 3 atom stereocenters. The molecule has 1 aromatic heterocycles. The van der Waals surface area contributed by atoms with Gasteiger partial charge in [0.15, 0.2) is 0 Å². The highest BCUT2D eigenvalue weighted by molar-refractivity contribution is 5.91. The van der Waals surface area contributed by atoms with E-state index < -0.39 is 35.9 Å². The number of nitrogens with two attached hydrogens (primary N) is 1. The average Bonchev–Trinajstić information content (AvgIpc) is 2.66. The monoisotopic (exact) mass is 378 g/mol.